The molecule has 2 aromatic rings. The number of nitrogens with zero attached hydrogens (tertiary/aromatic N) is 1. The Morgan fingerprint density at radius 1 is 1.19 bits per heavy atom. The summed E-state index contributed by atoms with van der Waals surface area (Å²) in [4.78, 5) is 13.2. The zero-order valence-electron chi connectivity index (χ0n) is 13.0. The minimum absolute atomic E-state index is 0.0763. The Hall–Kier alpha value is -2.07. The second kappa shape index (κ2) is 6.59. The van der Waals surface area contributed by atoms with Crippen LogP contribution >= 0.6 is 0 Å². The van der Waals surface area contributed by atoms with Crippen LogP contribution in [0, 0.1) is 0 Å². The molecule has 0 aliphatic heterocycles. The van der Waals surface area contributed by atoms with E-state index in [4.69, 9.17) is 4.74 Å². The molecule has 2 rings (SSSR count). The third-order valence-electron chi connectivity index (χ3n) is 3.63. The standard InChI is InChI=1S/C17H22N2O2/c1-12(18-11-17(20)19(2)3)13-5-6-15-10-16(21-4)8-7-14(15)9-13/h5-10,12,18H,11H2,1-4H3. The summed E-state index contributed by atoms with van der Waals surface area (Å²) in [5.41, 5.74) is 1.17. The largest absolute Gasteiger partial charge is 0.497 e. The van der Waals surface area contributed by atoms with Gasteiger partial charge in [0.25, 0.3) is 0 Å². The Morgan fingerprint density at radius 2 is 1.86 bits per heavy atom. The van der Waals surface area contributed by atoms with Gasteiger partial charge < -0.3 is 15.0 Å². The number of rotatable bonds is 5. The fraction of sp³-hybridized carbons (Fsp3) is 0.353. The summed E-state index contributed by atoms with van der Waals surface area (Å²) in [7, 11) is 5.19. The SMILES string of the molecule is COc1ccc2cc(C(C)NCC(=O)N(C)C)ccc2c1. The van der Waals surface area contributed by atoms with E-state index in [9.17, 15) is 4.79 Å². The molecule has 1 unspecified atom stereocenters. The Labute approximate surface area is 125 Å². The van der Waals surface area contributed by atoms with Gasteiger partial charge in [0.05, 0.1) is 13.7 Å². The second-order valence-electron chi connectivity index (χ2n) is 5.36. The summed E-state index contributed by atoms with van der Waals surface area (Å²) < 4.78 is 5.23. The smallest absolute Gasteiger partial charge is 0.236 e. The molecule has 0 aromatic heterocycles. The Balaban J connectivity index is 2.13. The number of hydrogen-bond acceptors (Lipinski definition) is 3. The second-order valence-corrected chi connectivity index (χ2v) is 5.36. The first-order valence-corrected chi connectivity index (χ1v) is 7.02. The highest BCUT2D eigenvalue weighted by Crippen LogP contribution is 2.24. The summed E-state index contributed by atoms with van der Waals surface area (Å²) in [6.07, 6.45) is 0. The predicted octanol–water partition coefficient (Wildman–Crippen LogP) is 2.59. The van der Waals surface area contributed by atoms with Gasteiger partial charge in [-0.15, -0.1) is 0 Å². The van der Waals surface area contributed by atoms with Crippen molar-refractivity contribution in [2.45, 2.75) is 13.0 Å². The molecule has 0 heterocycles. The average Bonchev–Trinajstić information content (AvgIpc) is 2.50. The van der Waals surface area contributed by atoms with Gasteiger partial charge in [0.15, 0.2) is 0 Å². The van der Waals surface area contributed by atoms with Gasteiger partial charge >= 0.3 is 0 Å². The molecule has 1 atom stereocenters. The number of ether oxygens (including phenoxy) is 1. The van der Waals surface area contributed by atoms with Crippen LogP contribution in [0.4, 0.5) is 0 Å². The number of methoxy groups -OCH3 is 1. The minimum Gasteiger partial charge on any atom is -0.497 e. The molecule has 4 heteroatoms. The van der Waals surface area contributed by atoms with Crippen molar-refractivity contribution >= 4 is 16.7 Å². The highest BCUT2D eigenvalue weighted by molar-refractivity contribution is 5.84. The van der Waals surface area contributed by atoms with E-state index in [2.05, 4.69) is 36.5 Å². The third-order valence-corrected chi connectivity index (χ3v) is 3.63. The van der Waals surface area contributed by atoms with Crippen LogP contribution in [0.2, 0.25) is 0 Å². The van der Waals surface area contributed by atoms with Gasteiger partial charge in [-0.1, -0.05) is 18.2 Å². The third kappa shape index (κ3) is 3.73. The predicted molar refractivity (Wildman–Crippen MR) is 85.6 cm³/mol. The number of hydrogen-bond donors (Lipinski definition) is 1. The molecule has 0 spiro atoms. The number of nitrogens with one attached hydrogen (secondary N) is 1. The number of benzene rings is 2. The van der Waals surface area contributed by atoms with E-state index in [0.29, 0.717) is 6.54 Å². The zero-order valence-corrected chi connectivity index (χ0v) is 13.0. The lowest BCUT2D eigenvalue weighted by atomic mass is 10.0. The number of carbonyl (C=O) groups excluding carboxylic acids is 1. The van der Waals surface area contributed by atoms with Crippen LogP contribution in [0.15, 0.2) is 36.4 Å². The van der Waals surface area contributed by atoms with Crippen LogP contribution in [0.25, 0.3) is 10.8 Å². The molecule has 0 fully saturated rings. The molecule has 0 aliphatic rings. The van der Waals surface area contributed by atoms with Crippen LogP contribution in [0.3, 0.4) is 0 Å². The lowest BCUT2D eigenvalue weighted by Gasteiger charge is -2.17. The summed E-state index contributed by atoms with van der Waals surface area (Å²) >= 11 is 0. The van der Waals surface area contributed by atoms with Gasteiger partial charge in [-0.3, -0.25) is 4.79 Å². The maximum absolute atomic E-state index is 11.6. The van der Waals surface area contributed by atoms with Crippen LogP contribution in [-0.4, -0.2) is 38.6 Å². The van der Waals surface area contributed by atoms with Crippen molar-refractivity contribution < 1.29 is 9.53 Å². The minimum atomic E-state index is 0.0763. The van der Waals surface area contributed by atoms with E-state index in [-0.39, 0.29) is 11.9 Å². The normalized spacial score (nSPS) is 12.2. The lowest BCUT2D eigenvalue weighted by Crippen LogP contribution is -2.34. The number of amides is 1. The summed E-state index contributed by atoms with van der Waals surface area (Å²) in [5, 5.41) is 5.57. The van der Waals surface area contributed by atoms with Crippen LogP contribution in [0.5, 0.6) is 5.75 Å². The zero-order chi connectivity index (χ0) is 15.4. The molecule has 1 N–H and O–H groups in total. The first-order valence-electron chi connectivity index (χ1n) is 7.02. The highest BCUT2D eigenvalue weighted by Gasteiger charge is 2.09. The van der Waals surface area contributed by atoms with Gasteiger partial charge in [-0.25, -0.2) is 0 Å². The molecule has 0 aliphatic carbocycles. The van der Waals surface area contributed by atoms with E-state index in [0.717, 1.165) is 11.1 Å². The van der Waals surface area contributed by atoms with Crippen molar-refractivity contribution in [1.29, 1.82) is 0 Å². The molecule has 4 nitrogen and oxygen atoms in total. The first-order chi connectivity index (χ1) is 10.0. The van der Waals surface area contributed by atoms with E-state index in [1.54, 1.807) is 26.1 Å². The van der Waals surface area contributed by atoms with Crippen molar-refractivity contribution in [1.82, 2.24) is 10.2 Å². The van der Waals surface area contributed by atoms with Crippen molar-refractivity contribution in [2.75, 3.05) is 27.7 Å². The first kappa shape index (κ1) is 15.3. The van der Waals surface area contributed by atoms with Gasteiger partial charge in [-0.05, 0) is 41.5 Å². The number of fused-ring (bicyclic) bond motifs is 1. The van der Waals surface area contributed by atoms with Gasteiger partial charge in [-0.2, -0.15) is 0 Å². The monoisotopic (exact) mass is 286 g/mol. The van der Waals surface area contributed by atoms with E-state index in [1.807, 2.05) is 12.1 Å². The maximum Gasteiger partial charge on any atom is 0.236 e. The van der Waals surface area contributed by atoms with Gasteiger partial charge in [0, 0.05) is 20.1 Å². The number of carbonyl (C=O) groups is 1. The molecule has 0 saturated heterocycles. The fourth-order valence-corrected chi connectivity index (χ4v) is 2.15. The molecule has 1 amide bonds. The van der Waals surface area contributed by atoms with E-state index < -0.39 is 0 Å². The topological polar surface area (TPSA) is 41.6 Å². The average molecular weight is 286 g/mol. The molecule has 2 aromatic carbocycles. The molecule has 21 heavy (non-hydrogen) atoms. The van der Waals surface area contributed by atoms with E-state index >= 15 is 0 Å². The van der Waals surface area contributed by atoms with Crippen molar-refractivity contribution in [2.24, 2.45) is 0 Å². The fourth-order valence-electron chi connectivity index (χ4n) is 2.15. The highest BCUT2D eigenvalue weighted by atomic mass is 16.5. The molecular formula is C17H22N2O2. The number of likely N-dealkylation sites (N-methyl/N-ethyl adjacent to an activating group) is 1. The molecule has 0 saturated carbocycles. The van der Waals surface area contributed by atoms with Crippen LogP contribution < -0.4 is 10.1 Å². The molecule has 0 radical (unpaired) electrons. The summed E-state index contributed by atoms with van der Waals surface area (Å²) in [6, 6.07) is 12.5. The van der Waals surface area contributed by atoms with Gasteiger partial charge in [0.2, 0.25) is 5.91 Å². The van der Waals surface area contributed by atoms with Crippen molar-refractivity contribution in [3.63, 3.8) is 0 Å². The van der Waals surface area contributed by atoms with Crippen LogP contribution in [0.1, 0.15) is 18.5 Å². The lowest BCUT2D eigenvalue weighted by molar-refractivity contribution is -0.127. The quantitative estimate of drug-likeness (QED) is 0.918. The van der Waals surface area contributed by atoms with Crippen molar-refractivity contribution in [3.8, 4) is 5.75 Å². The Kier molecular flexibility index (Phi) is 4.81. The summed E-state index contributed by atoms with van der Waals surface area (Å²) in [6.45, 7) is 2.41. The Morgan fingerprint density at radius 3 is 2.52 bits per heavy atom. The van der Waals surface area contributed by atoms with Crippen molar-refractivity contribution in [3.05, 3.63) is 42.0 Å². The molecule has 112 valence electrons. The summed E-state index contributed by atoms with van der Waals surface area (Å²) in [5.74, 6) is 0.936. The maximum atomic E-state index is 11.6. The van der Waals surface area contributed by atoms with Crippen LogP contribution in [-0.2, 0) is 4.79 Å². The molecule has 0 bridgehead atoms. The Bertz CT molecular complexity index is 638. The van der Waals surface area contributed by atoms with Gasteiger partial charge in [0.1, 0.15) is 5.75 Å². The van der Waals surface area contributed by atoms with E-state index in [1.165, 1.54) is 10.9 Å². The molecular weight excluding hydrogens is 264 g/mol.